The molecule has 0 bridgehead atoms. The van der Waals surface area contributed by atoms with Crippen LogP contribution in [-0.2, 0) is 9.59 Å². The Morgan fingerprint density at radius 2 is 1.64 bits per heavy atom. The van der Waals surface area contributed by atoms with E-state index < -0.39 is 0 Å². The van der Waals surface area contributed by atoms with E-state index in [9.17, 15) is 14.4 Å². The molecule has 2 amide bonds. The van der Waals surface area contributed by atoms with E-state index in [2.05, 4.69) is 15.9 Å². The number of Topliss-reactive ketones (excluding diaryl/α,β-unsaturated/α-hetero) is 1. The van der Waals surface area contributed by atoms with Crippen molar-refractivity contribution in [2.24, 2.45) is 11.8 Å². The highest BCUT2D eigenvalue weighted by atomic mass is 79.9. The standard InChI is InChI=1S/C22H18BrNO4/c23-15-10-8-14(9-11-15)20(25)13-28-17-5-3-4-16(12-17)24-21(26)18-6-1-2-7-19(18)22(24)27/h1-5,8-12,18-19H,6-7,13H2. The molecular formula is C22H18BrNO4. The van der Waals surface area contributed by atoms with Crippen molar-refractivity contribution in [1.82, 2.24) is 0 Å². The van der Waals surface area contributed by atoms with Crippen molar-refractivity contribution < 1.29 is 19.1 Å². The number of amides is 2. The third-order valence-electron chi connectivity index (χ3n) is 5.12. The third kappa shape index (κ3) is 3.52. The van der Waals surface area contributed by atoms with E-state index >= 15 is 0 Å². The minimum atomic E-state index is -0.277. The predicted molar refractivity (Wildman–Crippen MR) is 108 cm³/mol. The van der Waals surface area contributed by atoms with Gasteiger partial charge in [-0.05, 0) is 37.1 Å². The Hall–Kier alpha value is -2.73. The van der Waals surface area contributed by atoms with E-state index in [1.165, 1.54) is 4.90 Å². The number of carbonyl (C=O) groups excluding carboxylic acids is 3. The number of carbonyl (C=O) groups is 3. The van der Waals surface area contributed by atoms with Crippen LogP contribution in [0.3, 0.4) is 0 Å². The molecule has 1 aliphatic carbocycles. The average Bonchev–Trinajstić information content (AvgIpc) is 2.98. The topological polar surface area (TPSA) is 63.7 Å². The molecule has 2 aromatic rings. The molecule has 2 aromatic carbocycles. The molecule has 28 heavy (non-hydrogen) atoms. The van der Waals surface area contributed by atoms with E-state index in [1.807, 2.05) is 12.2 Å². The second kappa shape index (κ2) is 7.72. The molecule has 2 unspecified atom stereocenters. The summed E-state index contributed by atoms with van der Waals surface area (Å²) >= 11 is 3.34. The van der Waals surface area contributed by atoms with Gasteiger partial charge in [0.2, 0.25) is 11.8 Å². The Bertz CT molecular complexity index is 941. The first kappa shape index (κ1) is 18.6. The van der Waals surface area contributed by atoms with Crippen LogP contribution < -0.4 is 9.64 Å². The normalized spacial score (nSPS) is 21.0. The van der Waals surface area contributed by atoms with Crippen molar-refractivity contribution in [2.75, 3.05) is 11.5 Å². The van der Waals surface area contributed by atoms with Gasteiger partial charge < -0.3 is 4.74 Å². The fourth-order valence-corrected chi connectivity index (χ4v) is 3.90. The van der Waals surface area contributed by atoms with Crippen LogP contribution in [0.5, 0.6) is 5.75 Å². The number of hydrogen-bond donors (Lipinski definition) is 0. The summed E-state index contributed by atoms with van der Waals surface area (Å²) in [5.74, 6) is -0.591. The summed E-state index contributed by atoms with van der Waals surface area (Å²) in [4.78, 5) is 39.0. The Morgan fingerprint density at radius 1 is 1.00 bits per heavy atom. The van der Waals surface area contributed by atoms with E-state index in [-0.39, 0.29) is 36.0 Å². The molecule has 0 aromatic heterocycles. The summed E-state index contributed by atoms with van der Waals surface area (Å²) in [5, 5.41) is 0. The van der Waals surface area contributed by atoms with Gasteiger partial charge in [-0.25, -0.2) is 4.90 Å². The van der Waals surface area contributed by atoms with Gasteiger partial charge in [-0.2, -0.15) is 0 Å². The molecule has 2 aliphatic rings. The Morgan fingerprint density at radius 3 is 2.29 bits per heavy atom. The zero-order valence-electron chi connectivity index (χ0n) is 15.0. The lowest BCUT2D eigenvalue weighted by atomic mass is 9.85. The van der Waals surface area contributed by atoms with E-state index in [4.69, 9.17) is 4.74 Å². The lowest BCUT2D eigenvalue weighted by molar-refractivity contribution is -0.122. The first-order chi connectivity index (χ1) is 13.5. The quantitative estimate of drug-likeness (QED) is 0.398. The molecule has 4 rings (SSSR count). The van der Waals surface area contributed by atoms with Crippen molar-refractivity contribution in [2.45, 2.75) is 12.8 Å². The second-order valence-corrected chi connectivity index (χ2v) is 7.80. The predicted octanol–water partition coefficient (Wildman–Crippen LogP) is 4.17. The molecule has 0 N–H and O–H groups in total. The molecular weight excluding hydrogens is 422 g/mol. The molecule has 142 valence electrons. The van der Waals surface area contributed by atoms with Crippen LogP contribution in [-0.4, -0.2) is 24.2 Å². The highest BCUT2D eigenvalue weighted by molar-refractivity contribution is 9.10. The highest BCUT2D eigenvalue weighted by Gasteiger charge is 2.47. The van der Waals surface area contributed by atoms with Gasteiger partial charge >= 0.3 is 0 Å². The number of anilines is 1. The smallest absolute Gasteiger partial charge is 0.238 e. The van der Waals surface area contributed by atoms with Crippen LogP contribution in [0.1, 0.15) is 23.2 Å². The number of ether oxygens (including phenoxy) is 1. The van der Waals surface area contributed by atoms with Gasteiger partial charge in [0.1, 0.15) is 5.75 Å². The summed E-state index contributed by atoms with van der Waals surface area (Å²) in [6, 6.07) is 13.8. The number of rotatable bonds is 5. The van der Waals surface area contributed by atoms with Crippen molar-refractivity contribution in [3.63, 3.8) is 0 Å². The lowest BCUT2D eigenvalue weighted by Crippen LogP contribution is -2.30. The fourth-order valence-electron chi connectivity index (χ4n) is 3.64. The van der Waals surface area contributed by atoms with Crippen LogP contribution in [0, 0.1) is 11.8 Å². The molecule has 1 aliphatic heterocycles. The Balaban J connectivity index is 1.47. The molecule has 0 radical (unpaired) electrons. The van der Waals surface area contributed by atoms with Gasteiger partial charge in [-0.1, -0.05) is 46.3 Å². The first-order valence-corrected chi connectivity index (χ1v) is 9.88. The molecule has 0 saturated carbocycles. The lowest BCUT2D eigenvalue weighted by Gasteiger charge is -2.16. The van der Waals surface area contributed by atoms with Crippen LogP contribution in [0.2, 0.25) is 0 Å². The van der Waals surface area contributed by atoms with Crippen LogP contribution in [0.4, 0.5) is 5.69 Å². The van der Waals surface area contributed by atoms with Gasteiger partial charge in [0, 0.05) is 16.1 Å². The molecule has 1 fully saturated rings. The molecule has 2 atom stereocenters. The van der Waals surface area contributed by atoms with Gasteiger partial charge in [0.25, 0.3) is 0 Å². The summed E-state index contributed by atoms with van der Waals surface area (Å²) in [7, 11) is 0. The number of hydrogen-bond acceptors (Lipinski definition) is 4. The van der Waals surface area contributed by atoms with E-state index in [0.717, 1.165) is 4.47 Å². The first-order valence-electron chi connectivity index (χ1n) is 9.09. The summed E-state index contributed by atoms with van der Waals surface area (Å²) < 4.78 is 6.52. The Labute approximate surface area is 171 Å². The van der Waals surface area contributed by atoms with E-state index in [0.29, 0.717) is 29.8 Å². The van der Waals surface area contributed by atoms with Gasteiger partial charge in [0.05, 0.1) is 17.5 Å². The molecule has 1 heterocycles. The largest absolute Gasteiger partial charge is 0.485 e. The number of fused-ring (bicyclic) bond motifs is 1. The SMILES string of the molecule is O=C(COc1cccc(N2C(=O)C3CC=CCC3C2=O)c1)c1ccc(Br)cc1. The van der Waals surface area contributed by atoms with Gasteiger partial charge in [-0.3, -0.25) is 14.4 Å². The van der Waals surface area contributed by atoms with Gasteiger partial charge in [-0.15, -0.1) is 0 Å². The van der Waals surface area contributed by atoms with Gasteiger partial charge in [0.15, 0.2) is 12.4 Å². The maximum Gasteiger partial charge on any atom is 0.238 e. The molecule has 0 spiro atoms. The number of halogens is 1. The van der Waals surface area contributed by atoms with Crippen LogP contribution in [0.25, 0.3) is 0 Å². The maximum absolute atomic E-state index is 12.7. The fraction of sp³-hybridized carbons (Fsp3) is 0.227. The van der Waals surface area contributed by atoms with E-state index in [1.54, 1.807) is 48.5 Å². The summed E-state index contributed by atoms with van der Waals surface area (Å²) in [6.45, 7) is -0.123. The highest BCUT2D eigenvalue weighted by Crippen LogP contribution is 2.38. The van der Waals surface area contributed by atoms with Crippen molar-refractivity contribution in [1.29, 1.82) is 0 Å². The van der Waals surface area contributed by atoms with Crippen molar-refractivity contribution in [3.8, 4) is 5.75 Å². The number of allylic oxidation sites excluding steroid dienone is 2. The maximum atomic E-state index is 12.7. The third-order valence-corrected chi connectivity index (χ3v) is 5.65. The summed E-state index contributed by atoms with van der Waals surface area (Å²) in [5.41, 5.74) is 1.04. The molecule has 6 heteroatoms. The zero-order valence-corrected chi connectivity index (χ0v) is 16.6. The number of imide groups is 1. The average molecular weight is 440 g/mol. The van der Waals surface area contributed by atoms with Crippen molar-refractivity contribution in [3.05, 3.63) is 70.7 Å². The molecule has 5 nitrogen and oxygen atoms in total. The minimum Gasteiger partial charge on any atom is -0.485 e. The second-order valence-electron chi connectivity index (χ2n) is 6.88. The monoisotopic (exact) mass is 439 g/mol. The zero-order chi connectivity index (χ0) is 19.7. The minimum absolute atomic E-state index is 0.123. The van der Waals surface area contributed by atoms with Crippen LogP contribution in [0.15, 0.2) is 65.2 Å². The Kier molecular flexibility index (Phi) is 5.13. The molecule has 1 saturated heterocycles. The number of benzene rings is 2. The number of ketones is 1. The van der Waals surface area contributed by atoms with Crippen molar-refractivity contribution >= 4 is 39.2 Å². The summed E-state index contributed by atoms with van der Waals surface area (Å²) in [6.07, 6.45) is 5.12. The van der Waals surface area contributed by atoms with Crippen LogP contribution >= 0.6 is 15.9 Å². The number of nitrogens with zero attached hydrogens (tertiary/aromatic N) is 1.